The number of unbranched alkanes of at least 4 members (excludes halogenated alkanes) is 1. The molecule has 0 unspecified atom stereocenters. The van der Waals surface area contributed by atoms with Crippen molar-refractivity contribution in [2.75, 3.05) is 38.6 Å². The molecule has 0 amide bonds. The van der Waals surface area contributed by atoms with E-state index in [0.29, 0.717) is 0 Å². The molecule has 1 N–H and O–H groups in total. The Bertz CT molecular complexity index is 703. The second kappa shape index (κ2) is 10.7. The monoisotopic (exact) mass is 383 g/mol. The largest absolute Gasteiger partial charge is 0.372 e. The summed E-state index contributed by atoms with van der Waals surface area (Å²) in [5, 5.41) is 11.1. The molecule has 7 heteroatoms. The molecule has 1 aliphatic rings. The lowest BCUT2D eigenvalue weighted by Crippen LogP contribution is -2.38. The lowest BCUT2D eigenvalue weighted by molar-refractivity contribution is 0.473. The highest BCUT2D eigenvalue weighted by molar-refractivity contribution is 5.79. The van der Waals surface area contributed by atoms with E-state index in [-0.39, 0.29) is 0 Å². The molecule has 2 heterocycles. The molecule has 0 radical (unpaired) electrons. The number of rotatable bonds is 8. The van der Waals surface area contributed by atoms with Crippen LogP contribution in [-0.4, -0.2) is 59.4 Å². The molecule has 1 aliphatic heterocycles. The number of hydrogen-bond acceptors (Lipinski definition) is 4. The van der Waals surface area contributed by atoms with Gasteiger partial charge in [-0.1, -0.05) is 12.1 Å². The molecule has 0 atom stereocenters. The van der Waals surface area contributed by atoms with Crippen LogP contribution in [0.2, 0.25) is 0 Å². The summed E-state index contributed by atoms with van der Waals surface area (Å²) < 4.78 is 2.01. The second-order valence-corrected chi connectivity index (χ2v) is 7.45. The van der Waals surface area contributed by atoms with Gasteiger partial charge in [-0.3, -0.25) is 4.99 Å². The summed E-state index contributed by atoms with van der Waals surface area (Å²) in [6, 6.07) is 9.00. The van der Waals surface area contributed by atoms with Crippen molar-refractivity contribution < 1.29 is 0 Å². The van der Waals surface area contributed by atoms with E-state index in [0.717, 1.165) is 38.4 Å². The van der Waals surface area contributed by atoms with Crippen molar-refractivity contribution >= 4 is 11.6 Å². The second-order valence-electron chi connectivity index (χ2n) is 7.45. The van der Waals surface area contributed by atoms with Gasteiger partial charge in [-0.15, -0.1) is 10.2 Å². The molecule has 3 rings (SSSR count). The van der Waals surface area contributed by atoms with Gasteiger partial charge in [0, 0.05) is 52.5 Å². The lowest BCUT2D eigenvalue weighted by Gasteiger charge is -2.29. The van der Waals surface area contributed by atoms with Crippen LogP contribution in [0.3, 0.4) is 0 Å². The van der Waals surface area contributed by atoms with Gasteiger partial charge in [0.15, 0.2) is 5.96 Å². The van der Waals surface area contributed by atoms with Crippen molar-refractivity contribution in [1.29, 1.82) is 0 Å². The summed E-state index contributed by atoms with van der Waals surface area (Å²) >= 11 is 0. The first kappa shape index (κ1) is 20.2. The normalized spacial score (nSPS) is 14.9. The molecular formula is C21H33N7. The Hall–Kier alpha value is -2.57. The minimum atomic E-state index is 0.848. The van der Waals surface area contributed by atoms with Crippen LogP contribution in [0.4, 0.5) is 5.69 Å². The number of nitrogens with zero attached hydrogens (tertiary/aromatic N) is 6. The fraction of sp³-hybridized carbons (Fsp3) is 0.571. The van der Waals surface area contributed by atoms with Crippen LogP contribution in [0.15, 0.2) is 41.9 Å². The fourth-order valence-corrected chi connectivity index (χ4v) is 3.65. The van der Waals surface area contributed by atoms with E-state index in [1.165, 1.54) is 43.6 Å². The van der Waals surface area contributed by atoms with Crippen LogP contribution in [0.1, 0.15) is 37.7 Å². The van der Waals surface area contributed by atoms with Gasteiger partial charge in [-0.2, -0.15) is 0 Å². The molecule has 0 saturated carbocycles. The molecule has 1 saturated heterocycles. The number of hydrogen-bond donors (Lipinski definition) is 1. The third-order valence-electron chi connectivity index (χ3n) is 5.24. The van der Waals surface area contributed by atoms with Crippen molar-refractivity contribution in [3.05, 3.63) is 42.5 Å². The molecule has 0 aliphatic carbocycles. The Morgan fingerprint density at radius 2 is 1.79 bits per heavy atom. The first-order valence-corrected chi connectivity index (χ1v) is 10.3. The zero-order chi connectivity index (χ0) is 19.6. The first-order chi connectivity index (χ1) is 13.8. The number of nitrogens with one attached hydrogen (secondary N) is 1. The smallest absolute Gasteiger partial charge is 0.193 e. The van der Waals surface area contributed by atoms with Crippen molar-refractivity contribution in [1.82, 2.24) is 25.0 Å². The molecule has 1 fully saturated rings. The predicted octanol–water partition coefficient (Wildman–Crippen LogP) is 2.76. The third kappa shape index (κ3) is 5.97. The predicted molar refractivity (Wildman–Crippen MR) is 115 cm³/mol. The van der Waals surface area contributed by atoms with E-state index in [9.17, 15) is 0 Å². The molecule has 28 heavy (non-hydrogen) atoms. The molecule has 7 nitrogen and oxygen atoms in total. The number of aliphatic imine (C=N–C) groups is 1. The Kier molecular flexibility index (Phi) is 7.70. The molecule has 0 bridgehead atoms. The summed E-state index contributed by atoms with van der Waals surface area (Å²) in [7, 11) is 3.93. The molecule has 1 aromatic heterocycles. The zero-order valence-electron chi connectivity index (χ0n) is 17.2. The standard InChI is InChI=1S/C21H33N7/c1-22-21(23-12-4-7-13-27-17-24-25-18-27)26(2)16-19-8-10-20(11-9-19)28-14-5-3-6-15-28/h8-11,17-18H,3-7,12-16H2,1-2H3,(H,22,23). The third-order valence-corrected chi connectivity index (χ3v) is 5.24. The highest BCUT2D eigenvalue weighted by Crippen LogP contribution is 2.20. The minimum Gasteiger partial charge on any atom is -0.372 e. The zero-order valence-corrected chi connectivity index (χ0v) is 17.2. The minimum absolute atomic E-state index is 0.848. The van der Waals surface area contributed by atoms with Gasteiger partial charge in [0.1, 0.15) is 12.7 Å². The van der Waals surface area contributed by atoms with Gasteiger partial charge in [0.05, 0.1) is 0 Å². The van der Waals surface area contributed by atoms with Gasteiger partial charge in [0.2, 0.25) is 0 Å². The Labute approximate surface area is 168 Å². The Morgan fingerprint density at radius 1 is 1.07 bits per heavy atom. The number of aromatic nitrogens is 3. The SMILES string of the molecule is CN=C(NCCCCn1cnnc1)N(C)Cc1ccc(N2CCCCC2)cc1. The molecule has 152 valence electrons. The van der Waals surface area contributed by atoms with E-state index in [2.05, 4.69) is 61.6 Å². The van der Waals surface area contributed by atoms with Crippen LogP contribution >= 0.6 is 0 Å². The first-order valence-electron chi connectivity index (χ1n) is 10.3. The summed E-state index contributed by atoms with van der Waals surface area (Å²) in [5.74, 6) is 0.935. The number of guanidine groups is 1. The van der Waals surface area contributed by atoms with Crippen LogP contribution in [0.5, 0.6) is 0 Å². The molecule has 1 aromatic carbocycles. The highest BCUT2D eigenvalue weighted by atomic mass is 15.3. The number of aryl methyl sites for hydroxylation is 1. The van der Waals surface area contributed by atoms with Crippen LogP contribution in [0.25, 0.3) is 0 Å². The number of piperidine rings is 1. The maximum absolute atomic E-state index is 4.42. The van der Waals surface area contributed by atoms with E-state index >= 15 is 0 Å². The highest BCUT2D eigenvalue weighted by Gasteiger charge is 2.11. The van der Waals surface area contributed by atoms with E-state index in [4.69, 9.17) is 0 Å². The average Bonchev–Trinajstić information content (AvgIpc) is 3.25. The summed E-state index contributed by atoms with van der Waals surface area (Å²) in [4.78, 5) is 9.09. The van der Waals surface area contributed by atoms with E-state index in [1.54, 1.807) is 12.7 Å². The van der Waals surface area contributed by atoms with E-state index < -0.39 is 0 Å². The molecular weight excluding hydrogens is 350 g/mol. The summed E-state index contributed by atoms with van der Waals surface area (Å²) in [5.41, 5.74) is 2.65. The maximum Gasteiger partial charge on any atom is 0.193 e. The lowest BCUT2D eigenvalue weighted by atomic mass is 10.1. The van der Waals surface area contributed by atoms with Gasteiger partial charge in [-0.25, -0.2) is 0 Å². The Balaban J connectivity index is 1.40. The van der Waals surface area contributed by atoms with Crippen molar-refractivity contribution in [3.8, 4) is 0 Å². The van der Waals surface area contributed by atoms with Gasteiger partial charge >= 0.3 is 0 Å². The number of benzene rings is 1. The van der Waals surface area contributed by atoms with Gasteiger partial charge in [0.25, 0.3) is 0 Å². The maximum atomic E-state index is 4.42. The van der Waals surface area contributed by atoms with Crippen molar-refractivity contribution in [2.45, 2.75) is 45.2 Å². The quantitative estimate of drug-likeness (QED) is 0.431. The van der Waals surface area contributed by atoms with Crippen LogP contribution in [-0.2, 0) is 13.1 Å². The van der Waals surface area contributed by atoms with E-state index in [1.807, 2.05) is 11.6 Å². The van der Waals surface area contributed by atoms with Crippen molar-refractivity contribution in [3.63, 3.8) is 0 Å². The summed E-state index contributed by atoms with van der Waals surface area (Å²) in [6.45, 7) is 5.08. The average molecular weight is 384 g/mol. The Morgan fingerprint density at radius 3 is 2.46 bits per heavy atom. The molecule has 2 aromatic rings. The fourth-order valence-electron chi connectivity index (χ4n) is 3.65. The molecule has 0 spiro atoms. The van der Waals surface area contributed by atoms with Gasteiger partial charge < -0.3 is 19.7 Å². The summed E-state index contributed by atoms with van der Waals surface area (Å²) in [6.07, 6.45) is 9.68. The number of anilines is 1. The van der Waals surface area contributed by atoms with Crippen LogP contribution < -0.4 is 10.2 Å². The topological polar surface area (TPSA) is 61.6 Å². The van der Waals surface area contributed by atoms with Gasteiger partial charge in [-0.05, 0) is 49.8 Å². The van der Waals surface area contributed by atoms with Crippen molar-refractivity contribution in [2.24, 2.45) is 4.99 Å². The van der Waals surface area contributed by atoms with Crippen LogP contribution in [0, 0.1) is 0 Å².